The van der Waals surface area contributed by atoms with Crippen LogP contribution in [0.1, 0.15) is 19.3 Å². The van der Waals surface area contributed by atoms with Crippen LogP contribution in [0.25, 0.3) is 5.65 Å². The third kappa shape index (κ3) is 2.13. The van der Waals surface area contributed by atoms with E-state index in [0.29, 0.717) is 17.5 Å². The molecule has 0 aliphatic heterocycles. The molecule has 2 unspecified atom stereocenters. The quantitative estimate of drug-likeness (QED) is 0.811. The Morgan fingerprint density at radius 3 is 3.11 bits per heavy atom. The topological polar surface area (TPSA) is 88.2 Å². The smallest absolute Gasteiger partial charge is 0.200 e. The lowest BCUT2D eigenvalue weighted by Gasteiger charge is -2.17. The Labute approximate surface area is 104 Å². The number of aromatic nitrogens is 5. The fraction of sp³-hybridized carbons (Fsp3) is 0.636. The fourth-order valence-electron chi connectivity index (χ4n) is 2.60. The molecule has 0 amide bonds. The zero-order chi connectivity index (χ0) is 12.4. The van der Waals surface area contributed by atoms with Crippen LogP contribution in [-0.4, -0.2) is 43.5 Å². The normalized spacial score (nSPS) is 23.6. The highest BCUT2D eigenvalue weighted by atomic mass is 16.3. The minimum Gasteiger partial charge on any atom is -0.396 e. The summed E-state index contributed by atoms with van der Waals surface area (Å²) in [6.07, 6.45) is 3.50. The summed E-state index contributed by atoms with van der Waals surface area (Å²) in [5, 5.41) is 27.9. The van der Waals surface area contributed by atoms with Gasteiger partial charge in [0.1, 0.15) is 5.82 Å². The minimum atomic E-state index is 0.284. The second-order valence-electron chi connectivity index (χ2n) is 4.76. The van der Waals surface area contributed by atoms with Crippen LogP contribution in [0.3, 0.4) is 0 Å². The van der Waals surface area contributed by atoms with Crippen LogP contribution in [0, 0.1) is 11.8 Å². The average molecular weight is 248 g/mol. The van der Waals surface area contributed by atoms with Crippen molar-refractivity contribution in [3.63, 3.8) is 0 Å². The van der Waals surface area contributed by atoms with Crippen molar-refractivity contribution >= 4 is 11.5 Å². The Morgan fingerprint density at radius 1 is 1.33 bits per heavy atom. The van der Waals surface area contributed by atoms with Gasteiger partial charge in [-0.25, -0.2) is 0 Å². The SMILES string of the molecule is OCC1CCCC1CNc1ccc2nnnn2n1. The first-order valence-electron chi connectivity index (χ1n) is 6.27. The summed E-state index contributed by atoms with van der Waals surface area (Å²) in [6.45, 7) is 1.12. The van der Waals surface area contributed by atoms with Crippen molar-refractivity contribution in [3.05, 3.63) is 12.1 Å². The van der Waals surface area contributed by atoms with Gasteiger partial charge in [-0.3, -0.25) is 0 Å². The standard InChI is InChI=1S/C11H16N6O/c18-7-9-3-1-2-8(9)6-12-10-4-5-11-13-15-16-17(11)14-10/h4-5,8-9,18H,1-3,6-7H2,(H,12,14). The Kier molecular flexibility index (Phi) is 3.06. The van der Waals surface area contributed by atoms with Gasteiger partial charge < -0.3 is 10.4 Å². The number of hydrogen-bond donors (Lipinski definition) is 2. The van der Waals surface area contributed by atoms with Crippen LogP contribution in [-0.2, 0) is 0 Å². The monoisotopic (exact) mass is 248 g/mol. The third-order valence-electron chi connectivity index (χ3n) is 3.67. The molecule has 96 valence electrons. The van der Waals surface area contributed by atoms with E-state index in [1.165, 1.54) is 17.5 Å². The van der Waals surface area contributed by atoms with Crippen LogP contribution in [0.2, 0.25) is 0 Å². The Morgan fingerprint density at radius 2 is 2.22 bits per heavy atom. The summed E-state index contributed by atoms with van der Waals surface area (Å²) in [4.78, 5) is 0. The van der Waals surface area contributed by atoms with Crippen molar-refractivity contribution in [2.24, 2.45) is 11.8 Å². The molecule has 0 bridgehead atoms. The summed E-state index contributed by atoms with van der Waals surface area (Å²) in [7, 11) is 0. The second kappa shape index (κ2) is 4.85. The van der Waals surface area contributed by atoms with Crippen molar-refractivity contribution in [2.75, 3.05) is 18.5 Å². The molecule has 3 rings (SSSR count). The maximum absolute atomic E-state index is 9.27. The molecule has 2 aromatic heterocycles. The van der Waals surface area contributed by atoms with Gasteiger partial charge in [-0.1, -0.05) is 6.42 Å². The van der Waals surface area contributed by atoms with E-state index in [2.05, 4.69) is 25.9 Å². The number of aliphatic hydroxyl groups excluding tert-OH is 1. The molecule has 0 spiro atoms. The molecule has 2 aromatic rings. The molecule has 0 radical (unpaired) electrons. The highest BCUT2D eigenvalue weighted by molar-refractivity contribution is 5.42. The minimum absolute atomic E-state index is 0.284. The molecule has 0 saturated heterocycles. The number of nitrogens with zero attached hydrogens (tertiary/aromatic N) is 5. The van der Waals surface area contributed by atoms with E-state index in [9.17, 15) is 5.11 Å². The lowest BCUT2D eigenvalue weighted by molar-refractivity contribution is 0.199. The fourth-order valence-corrected chi connectivity index (χ4v) is 2.60. The zero-order valence-corrected chi connectivity index (χ0v) is 10.0. The van der Waals surface area contributed by atoms with Gasteiger partial charge in [-0.2, -0.15) is 0 Å². The van der Waals surface area contributed by atoms with Gasteiger partial charge >= 0.3 is 0 Å². The van der Waals surface area contributed by atoms with Crippen LogP contribution < -0.4 is 5.32 Å². The van der Waals surface area contributed by atoms with Gasteiger partial charge in [-0.05, 0) is 47.2 Å². The Bertz CT molecular complexity index is 527. The van der Waals surface area contributed by atoms with E-state index in [4.69, 9.17) is 0 Å². The number of anilines is 1. The molecule has 0 aromatic carbocycles. The molecule has 1 aliphatic rings. The molecule has 7 nitrogen and oxygen atoms in total. The molecule has 2 heterocycles. The number of aliphatic hydroxyl groups is 1. The van der Waals surface area contributed by atoms with E-state index in [-0.39, 0.29) is 6.61 Å². The van der Waals surface area contributed by atoms with Crippen molar-refractivity contribution in [1.29, 1.82) is 0 Å². The lowest BCUT2D eigenvalue weighted by Crippen LogP contribution is -2.21. The summed E-state index contributed by atoms with van der Waals surface area (Å²) < 4.78 is 1.40. The number of tetrazole rings is 1. The molecule has 1 fully saturated rings. The van der Waals surface area contributed by atoms with Gasteiger partial charge in [-0.15, -0.1) is 14.8 Å². The van der Waals surface area contributed by atoms with Crippen molar-refractivity contribution < 1.29 is 5.11 Å². The molecule has 2 N–H and O–H groups in total. The molecular formula is C11H16N6O. The largest absolute Gasteiger partial charge is 0.396 e. The van der Waals surface area contributed by atoms with E-state index in [0.717, 1.165) is 18.8 Å². The summed E-state index contributed by atoms with van der Waals surface area (Å²) in [6, 6.07) is 3.70. The van der Waals surface area contributed by atoms with E-state index < -0.39 is 0 Å². The second-order valence-corrected chi connectivity index (χ2v) is 4.76. The summed E-state index contributed by atoms with van der Waals surface area (Å²) in [5.74, 6) is 1.72. The molecule has 1 aliphatic carbocycles. The number of nitrogens with one attached hydrogen (secondary N) is 1. The Balaban J connectivity index is 1.65. The third-order valence-corrected chi connectivity index (χ3v) is 3.67. The molecule has 2 atom stereocenters. The van der Waals surface area contributed by atoms with Gasteiger partial charge in [0.2, 0.25) is 0 Å². The number of fused-ring (bicyclic) bond motifs is 1. The molecule has 18 heavy (non-hydrogen) atoms. The number of rotatable bonds is 4. The molecular weight excluding hydrogens is 232 g/mol. The summed E-state index contributed by atoms with van der Waals surface area (Å²) in [5.41, 5.74) is 0.634. The molecule has 7 heteroatoms. The van der Waals surface area contributed by atoms with E-state index >= 15 is 0 Å². The maximum Gasteiger partial charge on any atom is 0.200 e. The van der Waals surface area contributed by atoms with Crippen molar-refractivity contribution in [1.82, 2.24) is 25.3 Å². The first-order valence-corrected chi connectivity index (χ1v) is 6.27. The predicted octanol–water partition coefficient (Wildman–Crippen LogP) is 0.340. The maximum atomic E-state index is 9.27. The van der Waals surface area contributed by atoms with Gasteiger partial charge in [0, 0.05) is 13.2 Å². The van der Waals surface area contributed by atoms with Crippen LogP contribution >= 0.6 is 0 Å². The predicted molar refractivity (Wildman–Crippen MR) is 65.0 cm³/mol. The van der Waals surface area contributed by atoms with Crippen LogP contribution in [0.15, 0.2) is 12.1 Å². The number of hydrogen-bond acceptors (Lipinski definition) is 6. The van der Waals surface area contributed by atoms with Gasteiger partial charge in [0.25, 0.3) is 0 Å². The van der Waals surface area contributed by atoms with E-state index in [1.54, 1.807) is 0 Å². The first-order chi connectivity index (χ1) is 8.86. The lowest BCUT2D eigenvalue weighted by atomic mass is 9.97. The molecule has 1 saturated carbocycles. The average Bonchev–Trinajstić information content (AvgIpc) is 3.04. The van der Waals surface area contributed by atoms with E-state index in [1.807, 2.05) is 12.1 Å². The van der Waals surface area contributed by atoms with Crippen molar-refractivity contribution in [3.8, 4) is 0 Å². The van der Waals surface area contributed by atoms with Crippen molar-refractivity contribution in [2.45, 2.75) is 19.3 Å². The van der Waals surface area contributed by atoms with Crippen LogP contribution in [0.4, 0.5) is 5.82 Å². The zero-order valence-electron chi connectivity index (χ0n) is 10.0. The van der Waals surface area contributed by atoms with Gasteiger partial charge in [0.15, 0.2) is 5.65 Å². The first kappa shape index (κ1) is 11.3. The highest BCUT2D eigenvalue weighted by Crippen LogP contribution is 2.31. The summed E-state index contributed by atoms with van der Waals surface area (Å²) >= 11 is 0. The van der Waals surface area contributed by atoms with Gasteiger partial charge in [0.05, 0.1) is 0 Å². The Hall–Kier alpha value is -1.76. The highest BCUT2D eigenvalue weighted by Gasteiger charge is 2.26. The van der Waals surface area contributed by atoms with Crippen LogP contribution in [0.5, 0.6) is 0 Å².